The van der Waals surface area contributed by atoms with Crippen LogP contribution in [0.15, 0.2) is 18.5 Å². The molecule has 0 spiro atoms. The number of aryl methyl sites for hydroxylation is 1. The van der Waals surface area contributed by atoms with Crippen molar-refractivity contribution >= 4 is 17.6 Å². The normalized spacial score (nSPS) is 26.1. The van der Waals surface area contributed by atoms with Gasteiger partial charge in [0.1, 0.15) is 5.69 Å². The van der Waals surface area contributed by atoms with Crippen molar-refractivity contribution in [2.24, 2.45) is 17.8 Å². The lowest BCUT2D eigenvalue weighted by Crippen LogP contribution is -2.47. The van der Waals surface area contributed by atoms with Gasteiger partial charge in [-0.25, -0.2) is 23.3 Å². The molecule has 46 heavy (non-hydrogen) atoms. The maximum Gasteiger partial charge on any atom is 0.393 e. The molecule has 2 saturated heterocycles. The maximum atomic E-state index is 14.6. The van der Waals surface area contributed by atoms with Gasteiger partial charge in [-0.2, -0.15) is 23.4 Å². The number of carbonyl (C=O) groups excluding carboxylic acids is 2. The molecule has 1 saturated carbocycles. The second kappa shape index (κ2) is 12.8. The molecule has 3 fully saturated rings. The second-order valence-electron chi connectivity index (χ2n) is 12.6. The van der Waals surface area contributed by atoms with Crippen molar-refractivity contribution in [3.8, 4) is 0 Å². The summed E-state index contributed by atoms with van der Waals surface area (Å²) in [6.07, 6.45) is -0.402. The highest BCUT2D eigenvalue weighted by Gasteiger charge is 2.45. The average molecular weight is 653 g/mol. The number of piperidine rings is 1. The molecular formula is C30H37F5N8O3. The van der Waals surface area contributed by atoms with Crippen LogP contribution in [0.4, 0.5) is 22.0 Å². The third kappa shape index (κ3) is 6.86. The van der Waals surface area contributed by atoms with Crippen molar-refractivity contribution in [3.63, 3.8) is 0 Å². The minimum Gasteiger partial charge on any atom is -0.381 e. The third-order valence-electron chi connectivity index (χ3n) is 9.35. The highest BCUT2D eigenvalue weighted by atomic mass is 19.4. The van der Waals surface area contributed by atoms with Crippen LogP contribution in [0.25, 0.3) is 5.78 Å². The van der Waals surface area contributed by atoms with Crippen LogP contribution in [0.2, 0.25) is 0 Å². The number of hydrogen-bond donors (Lipinski definition) is 2. The Morgan fingerprint density at radius 2 is 2.07 bits per heavy atom. The van der Waals surface area contributed by atoms with Gasteiger partial charge in [0, 0.05) is 57.0 Å². The van der Waals surface area contributed by atoms with E-state index in [1.165, 1.54) is 21.6 Å². The van der Waals surface area contributed by atoms with Crippen LogP contribution in [0.1, 0.15) is 91.4 Å². The first-order valence-electron chi connectivity index (χ1n) is 15.8. The Kier molecular flexibility index (Phi) is 9.00. The first-order valence-corrected chi connectivity index (χ1v) is 15.8. The molecule has 2 N–H and O–H groups in total. The summed E-state index contributed by atoms with van der Waals surface area (Å²) in [4.78, 5) is 35.5. The Hall–Kier alpha value is -3.69. The molecule has 250 valence electrons. The number of ether oxygens (including phenoxy) is 1. The van der Waals surface area contributed by atoms with E-state index in [0.29, 0.717) is 44.0 Å². The number of imidazole rings is 1. The SMILES string of the molecule is CCn1nccc1C(=O)N[C@H](c1cn2nc(C[C@H]3C[C@@H](C(F)(F)F)CNC3=O)c(C3CCCOC3)nc2n1)[C@H]1CCCC(F)(F)C1. The van der Waals surface area contributed by atoms with Crippen LogP contribution in [-0.2, 0) is 22.5 Å². The van der Waals surface area contributed by atoms with Crippen molar-refractivity contribution < 1.29 is 36.3 Å². The lowest BCUT2D eigenvalue weighted by molar-refractivity contribution is -0.183. The average Bonchev–Trinajstić information content (AvgIpc) is 3.67. The predicted molar refractivity (Wildman–Crippen MR) is 153 cm³/mol. The molecule has 3 aromatic rings. The smallest absolute Gasteiger partial charge is 0.381 e. The Bertz CT molecular complexity index is 1570. The number of nitrogens with one attached hydrogen (secondary N) is 2. The highest BCUT2D eigenvalue weighted by Crippen LogP contribution is 2.42. The molecule has 0 aromatic carbocycles. The molecular weight excluding hydrogens is 615 g/mol. The van der Waals surface area contributed by atoms with Gasteiger partial charge in [0.25, 0.3) is 11.7 Å². The minimum atomic E-state index is -4.45. The van der Waals surface area contributed by atoms with E-state index in [-0.39, 0.29) is 48.8 Å². The van der Waals surface area contributed by atoms with E-state index in [4.69, 9.17) is 14.8 Å². The lowest BCUT2D eigenvalue weighted by Gasteiger charge is -2.34. The molecule has 2 amide bonds. The summed E-state index contributed by atoms with van der Waals surface area (Å²) in [5.74, 6) is -7.20. The summed E-state index contributed by atoms with van der Waals surface area (Å²) >= 11 is 0. The minimum absolute atomic E-state index is 0.0727. The maximum absolute atomic E-state index is 14.6. The van der Waals surface area contributed by atoms with Crippen LogP contribution >= 0.6 is 0 Å². The van der Waals surface area contributed by atoms with E-state index < -0.39 is 60.7 Å². The highest BCUT2D eigenvalue weighted by molar-refractivity contribution is 5.92. The summed E-state index contributed by atoms with van der Waals surface area (Å²) in [5, 5.41) is 14.1. The fourth-order valence-electron chi connectivity index (χ4n) is 6.94. The number of carbonyl (C=O) groups is 2. The van der Waals surface area contributed by atoms with E-state index in [1.54, 1.807) is 6.07 Å². The van der Waals surface area contributed by atoms with E-state index in [2.05, 4.69) is 20.7 Å². The van der Waals surface area contributed by atoms with Crippen LogP contribution < -0.4 is 10.6 Å². The van der Waals surface area contributed by atoms with Crippen molar-refractivity contribution in [2.75, 3.05) is 19.8 Å². The Balaban J connectivity index is 1.37. The Morgan fingerprint density at radius 1 is 1.24 bits per heavy atom. The van der Waals surface area contributed by atoms with Crippen LogP contribution in [0.5, 0.6) is 0 Å². The molecule has 0 bridgehead atoms. The van der Waals surface area contributed by atoms with Gasteiger partial charge in [-0.05, 0) is 51.0 Å². The first kappa shape index (κ1) is 32.3. The zero-order valence-corrected chi connectivity index (χ0v) is 25.4. The zero-order valence-electron chi connectivity index (χ0n) is 25.4. The van der Waals surface area contributed by atoms with Gasteiger partial charge < -0.3 is 15.4 Å². The quantitative estimate of drug-likeness (QED) is 0.346. The Morgan fingerprint density at radius 3 is 2.78 bits per heavy atom. The lowest BCUT2D eigenvalue weighted by atomic mass is 9.80. The van der Waals surface area contributed by atoms with E-state index in [1.807, 2.05) is 6.92 Å². The summed E-state index contributed by atoms with van der Waals surface area (Å²) < 4.78 is 78.5. The van der Waals surface area contributed by atoms with Crippen molar-refractivity contribution in [1.29, 1.82) is 0 Å². The molecule has 5 heterocycles. The molecule has 3 aromatic heterocycles. The molecule has 11 nitrogen and oxygen atoms in total. The fraction of sp³-hybridized carbons (Fsp3) is 0.667. The van der Waals surface area contributed by atoms with Crippen molar-refractivity contribution in [3.05, 3.63) is 41.2 Å². The van der Waals surface area contributed by atoms with E-state index in [0.717, 1.165) is 6.42 Å². The molecule has 1 unspecified atom stereocenters. The van der Waals surface area contributed by atoms with Gasteiger partial charge in [-0.15, -0.1) is 0 Å². The second-order valence-corrected chi connectivity index (χ2v) is 12.6. The largest absolute Gasteiger partial charge is 0.393 e. The van der Waals surface area contributed by atoms with E-state index in [9.17, 15) is 31.5 Å². The summed E-state index contributed by atoms with van der Waals surface area (Å²) in [6, 6.07) is 0.650. The van der Waals surface area contributed by atoms with Gasteiger partial charge in [-0.1, -0.05) is 0 Å². The van der Waals surface area contributed by atoms with Gasteiger partial charge >= 0.3 is 6.18 Å². The summed E-state index contributed by atoms with van der Waals surface area (Å²) in [6.45, 7) is 2.69. The van der Waals surface area contributed by atoms with Crippen LogP contribution in [0, 0.1) is 17.8 Å². The van der Waals surface area contributed by atoms with Crippen molar-refractivity contribution in [1.82, 2.24) is 40.0 Å². The van der Waals surface area contributed by atoms with Gasteiger partial charge in [0.15, 0.2) is 0 Å². The van der Waals surface area contributed by atoms with Gasteiger partial charge in [-0.3, -0.25) is 14.3 Å². The molecule has 5 atom stereocenters. The number of rotatable bonds is 8. The number of hydrogen-bond acceptors (Lipinski definition) is 7. The first-order chi connectivity index (χ1) is 21.9. The van der Waals surface area contributed by atoms with Gasteiger partial charge in [0.2, 0.25) is 11.8 Å². The predicted octanol–water partition coefficient (Wildman–Crippen LogP) is 4.39. The molecule has 1 aliphatic carbocycles. The van der Waals surface area contributed by atoms with Crippen LogP contribution in [-0.4, -0.2) is 73.0 Å². The number of alkyl halides is 5. The fourth-order valence-corrected chi connectivity index (χ4v) is 6.94. The third-order valence-corrected chi connectivity index (χ3v) is 9.35. The summed E-state index contributed by atoms with van der Waals surface area (Å²) in [7, 11) is 0. The number of nitrogens with zero attached hydrogens (tertiary/aromatic N) is 6. The van der Waals surface area contributed by atoms with E-state index >= 15 is 0 Å². The zero-order chi connectivity index (χ0) is 32.6. The Labute approximate surface area is 261 Å². The summed E-state index contributed by atoms with van der Waals surface area (Å²) in [5.41, 5.74) is 1.41. The number of halogens is 5. The molecule has 2 aliphatic heterocycles. The molecule has 6 rings (SSSR count). The van der Waals surface area contributed by atoms with Gasteiger partial charge in [0.05, 0.1) is 41.8 Å². The molecule has 0 radical (unpaired) electrons. The monoisotopic (exact) mass is 652 g/mol. The van der Waals surface area contributed by atoms with Crippen molar-refractivity contribution in [2.45, 2.75) is 88.9 Å². The molecule has 16 heteroatoms. The number of aromatic nitrogens is 6. The standard InChI is InChI=1S/C30H37F5N8O3/c1-2-42-23(7-9-37-42)27(45)39-24(17-5-3-8-29(31,32)13-17)22-15-43-28(38-22)40-25(18-6-4-10-46-16-18)21(41-43)12-19-11-20(30(33,34)35)14-36-26(19)44/h7,9,15,17-20,24H,2-6,8,10-14,16H2,1H3,(H,36,44)(H,39,45)/t17-,18?,19+,20+,24-/m0/s1. The number of fused-ring (bicyclic) bond motifs is 1. The molecule has 3 aliphatic rings. The van der Waals surface area contributed by atoms with Crippen LogP contribution in [0.3, 0.4) is 0 Å². The topological polar surface area (TPSA) is 128 Å². The number of amides is 2.